The SMILES string of the molecule is Nc1nc(/C(=N\O)C(=O)NC2C(=O)N3C(C(=O)OC(c4ccccc4)c4ccccc4)=C(CSc4ncns4)CSC23)cs1. The molecule has 0 radical (unpaired) electrons. The third-order valence-corrected chi connectivity index (χ3v) is 10.6. The molecule has 4 aromatic rings. The Labute approximate surface area is 267 Å². The number of ether oxygens (including phenoxy) is 1. The molecular weight excluding hydrogens is 643 g/mol. The van der Waals surface area contributed by atoms with Gasteiger partial charge in [0, 0.05) is 16.9 Å². The van der Waals surface area contributed by atoms with Gasteiger partial charge in [0.15, 0.2) is 21.3 Å². The fraction of sp³-hybridized carbons (Fsp3) is 0.179. The molecule has 1 fully saturated rings. The number of carbonyl (C=O) groups is 3. The van der Waals surface area contributed by atoms with Gasteiger partial charge in [0.2, 0.25) is 0 Å². The second-order valence-corrected chi connectivity index (χ2v) is 13.4. The summed E-state index contributed by atoms with van der Waals surface area (Å²) < 4.78 is 10.9. The van der Waals surface area contributed by atoms with Crippen molar-refractivity contribution in [1.29, 1.82) is 0 Å². The second kappa shape index (κ2) is 13.2. The number of nitrogens with zero attached hydrogens (tertiary/aromatic N) is 5. The lowest BCUT2D eigenvalue weighted by atomic mass is 10.0. The molecule has 16 heteroatoms. The summed E-state index contributed by atoms with van der Waals surface area (Å²) in [5, 5.41) is 16.3. The molecule has 1 saturated heterocycles. The number of aromatic nitrogens is 3. The highest BCUT2D eigenvalue weighted by molar-refractivity contribution is 8.01. The van der Waals surface area contributed by atoms with Gasteiger partial charge in [-0.3, -0.25) is 14.5 Å². The average molecular weight is 666 g/mol. The topological polar surface area (TPSA) is 173 Å². The molecule has 2 aromatic heterocycles. The average Bonchev–Trinajstić information content (AvgIpc) is 3.74. The first kappa shape index (κ1) is 29.8. The molecule has 4 heterocycles. The van der Waals surface area contributed by atoms with Gasteiger partial charge in [-0.15, -0.1) is 23.1 Å². The maximum Gasteiger partial charge on any atom is 0.356 e. The summed E-state index contributed by atoms with van der Waals surface area (Å²) in [5.41, 5.74) is 7.76. The van der Waals surface area contributed by atoms with E-state index in [2.05, 4.69) is 24.8 Å². The van der Waals surface area contributed by atoms with Gasteiger partial charge in [0.25, 0.3) is 11.8 Å². The number of hydrogen-bond acceptors (Lipinski definition) is 14. The highest BCUT2D eigenvalue weighted by Crippen LogP contribution is 2.43. The van der Waals surface area contributed by atoms with Gasteiger partial charge >= 0.3 is 5.97 Å². The van der Waals surface area contributed by atoms with E-state index in [0.717, 1.165) is 26.8 Å². The van der Waals surface area contributed by atoms with E-state index in [1.807, 2.05) is 60.7 Å². The quantitative estimate of drug-likeness (QED) is 0.0565. The first-order chi connectivity index (χ1) is 21.4. The Morgan fingerprint density at radius 1 is 1.16 bits per heavy atom. The van der Waals surface area contributed by atoms with Crippen LogP contribution in [0.15, 0.2) is 93.1 Å². The molecule has 2 atom stereocenters. The van der Waals surface area contributed by atoms with Crippen LogP contribution in [0.2, 0.25) is 0 Å². The van der Waals surface area contributed by atoms with Crippen LogP contribution in [0.4, 0.5) is 5.13 Å². The molecule has 2 amide bonds. The number of oxime groups is 1. The summed E-state index contributed by atoms with van der Waals surface area (Å²) >= 11 is 5.14. The number of thiazole rings is 1. The van der Waals surface area contributed by atoms with Crippen LogP contribution in [-0.4, -0.2) is 70.9 Å². The maximum absolute atomic E-state index is 14.1. The minimum atomic E-state index is -0.973. The third-order valence-electron chi connectivity index (χ3n) is 6.75. The van der Waals surface area contributed by atoms with Crippen molar-refractivity contribution in [1.82, 2.24) is 24.6 Å². The van der Waals surface area contributed by atoms with Gasteiger partial charge in [-0.05, 0) is 28.2 Å². The zero-order chi connectivity index (χ0) is 30.6. The van der Waals surface area contributed by atoms with Crippen LogP contribution in [-0.2, 0) is 19.1 Å². The van der Waals surface area contributed by atoms with Crippen molar-refractivity contribution in [2.45, 2.75) is 21.9 Å². The fourth-order valence-electron chi connectivity index (χ4n) is 4.72. The van der Waals surface area contributed by atoms with E-state index in [9.17, 15) is 19.6 Å². The summed E-state index contributed by atoms with van der Waals surface area (Å²) in [5.74, 6) is -1.16. The van der Waals surface area contributed by atoms with Crippen LogP contribution in [0.5, 0.6) is 0 Å². The number of anilines is 1. The summed E-state index contributed by atoms with van der Waals surface area (Å²) in [6.45, 7) is 0. The molecule has 0 bridgehead atoms. The van der Waals surface area contributed by atoms with Crippen molar-refractivity contribution in [2.75, 3.05) is 17.2 Å². The van der Waals surface area contributed by atoms with Crippen LogP contribution < -0.4 is 11.1 Å². The Bertz CT molecular complexity index is 1690. The van der Waals surface area contributed by atoms with E-state index in [0.29, 0.717) is 17.1 Å². The van der Waals surface area contributed by atoms with Crippen molar-refractivity contribution in [3.8, 4) is 0 Å². The number of thioether (sulfide) groups is 2. The Morgan fingerprint density at radius 3 is 2.45 bits per heavy atom. The number of esters is 1. The van der Waals surface area contributed by atoms with Crippen LogP contribution in [0.1, 0.15) is 22.9 Å². The molecule has 12 nitrogen and oxygen atoms in total. The normalized spacial score (nSPS) is 18.2. The van der Waals surface area contributed by atoms with E-state index in [1.165, 1.54) is 51.7 Å². The molecule has 44 heavy (non-hydrogen) atoms. The second-order valence-electron chi connectivity index (χ2n) is 9.44. The predicted molar refractivity (Wildman–Crippen MR) is 168 cm³/mol. The standard InChI is InChI=1S/C28H23N7O5S4/c29-27-32-18(13-42-27)19(34-39)23(36)33-20-24(37)35-21(17(11-41-25(20)35)12-43-28-30-14-31-44-28)26(38)40-22(15-7-3-1-4-8-15)16-9-5-2-6-10-16/h1-10,13-14,20,22,25,39H,11-12H2,(H2,29,32)(H,33,36)/b34-19+. The molecule has 0 spiro atoms. The van der Waals surface area contributed by atoms with E-state index in [1.54, 1.807) is 0 Å². The molecule has 2 aliphatic heterocycles. The molecule has 2 aromatic carbocycles. The highest BCUT2D eigenvalue weighted by Gasteiger charge is 2.55. The number of β-lactam (4-membered cyclic amide) rings is 1. The van der Waals surface area contributed by atoms with Crippen LogP contribution >= 0.6 is 46.4 Å². The summed E-state index contributed by atoms with van der Waals surface area (Å²) in [7, 11) is 0. The molecular formula is C28H23N7O5S4. The maximum atomic E-state index is 14.1. The summed E-state index contributed by atoms with van der Waals surface area (Å²) in [6, 6.07) is 17.8. The number of amides is 2. The lowest BCUT2D eigenvalue weighted by Gasteiger charge is -2.49. The number of benzene rings is 2. The molecule has 2 unspecified atom stereocenters. The predicted octanol–water partition coefficient (Wildman–Crippen LogP) is 3.53. The smallest absolute Gasteiger partial charge is 0.356 e. The summed E-state index contributed by atoms with van der Waals surface area (Å²) in [6.07, 6.45) is 0.742. The Kier molecular flexibility index (Phi) is 8.92. The van der Waals surface area contributed by atoms with Crippen LogP contribution in [0, 0.1) is 0 Å². The van der Waals surface area contributed by atoms with E-state index in [4.69, 9.17) is 10.5 Å². The van der Waals surface area contributed by atoms with Crippen molar-refractivity contribution in [3.05, 3.63) is 100 Å². The number of carbonyl (C=O) groups excluding carboxylic acids is 3. The molecule has 6 rings (SSSR count). The van der Waals surface area contributed by atoms with Gasteiger partial charge in [0.05, 0.1) is 0 Å². The zero-order valence-electron chi connectivity index (χ0n) is 22.6. The molecule has 224 valence electrons. The first-order valence-corrected chi connectivity index (χ1v) is 16.7. The van der Waals surface area contributed by atoms with Gasteiger partial charge in [-0.1, -0.05) is 77.6 Å². The Morgan fingerprint density at radius 2 is 1.86 bits per heavy atom. The largest absolute Gasteiger partial charge is 0.448 e. The number of fused-ring (bicyclic) bond motifs is 1. The van der Waals surface area contributed by atoms with Crippen LogP contribution in [0.3, 0.4) is 0 Å². The fourth-order valence-corrected chi connectivity index (χ4v) is 8.20. The van der Waals surface area contributed by atoms with Gasteiger partial charge < -0.3 is 21.0 Å². The van der Waals surface area contributed by atoms with Gasteiger partial charge in [-0.25, -0.2) is 14.8 Å². The molecule has 0 aliphatic carbocycles. The minimum Gasteiger partial charge on any atom is -0.448 e. The third kappa shape index (κ3) is 6.06. The number of hydrogen-bond donors (Lipinski definition) is 3. The molecule has 0 saturated carbocycles. The number of nitrogen functional groups attached to an aromatic ring is 1. The lowest BCUT2D eigenvalue weighted by molar-refractivity contribution is -0.154. The van der Waals surface area contributed by atoms with Crippen molar-refractivity contribution < 1.29 is 24.3 Å². The minimum absolute atomic E-state index is 0.0837. The van der Waals surface area contributed by atoms with Crippen molar-refractivity contribution >= 4 is 75.0 Å². The number of nitrogens with two attached hydrogens (primary N) is 1. The molecule has 2 aliphatic rings. The van der Waals surface area contributed by atoms with Crippen molar-refractivity contribution in [2.24, 2.45) is 5.16 Å². The summed E-state index contributed by atoms with van der Waals surface area (Å²) in [4.78, 5) is 50.2. The zero-order valence-corrected chi connectivity index (χ0v) is 25.9. The van der Waals surface area contributed by atoms with Crippen molar-refractivity contribution in [3.63, 3.8) is 0 Å². The van der Waals surface area contributed by atoms with Gasteiger partial charge in [-0.2, -0.15) is 4.37 Å². The lowest BCUT2D eigenvalue weighted by Crippen LogP contribution is -2.71. The monoisotopic (exact) mass is 665 g/mol. The molecule has 4 N–H and O–H groups in total. The number of nitrogens with one attached hydrogen (secondary N) is 1. The van der Waals surface area contributed by atoms with E-state index < -0.39 is 35.3 Å². The highest BCUT2D eigenvalue weighted by atomic mass is 32.2. The van der Waals surface area contributed by atoms with E-state index >= 15 is 0 Å². The van der Waals surface area contributed by atoms with E-state index in [-0.39, 0.29) is 22.2 Å². The van der Waals surface area contributed by atoms with Crippen LogP contribution in [0.25, 0.3) is 0 Å². The Balaban J connectivity index is 1.28. The Hall–Kier alpha value is -4.25. The number of rotatable bonds is 10. The first-order valence-electron chi connectivity index (χ1n) is 13.1. The van der Waals surface area contributed by atoms with Gasteiger partial charge in [0.1, 0.15) is 29.1 Å².